The van der Waals surface area contributed by atoms with Crippen LogP contribution in [0.5, 0.6) is 11.5 Å². The lowest BCUT2D eigenvalue weighted by Gasteiger charge is -2.21. The van der Waals surface area contributed by atoms with Crippen molar-refractivity contribution in [3.05, 3.63) is 22.2 Å². The molecule has 3 nitrogen and oxygen atoms in total. The third-order valence-corrected chi connectivity index (χ3v) is 3.67. The molecule has 0 spiro atoms. The topological polar surface area (TPSA) is 38.7 Å². The molecule has 2 rings (SSSR count). The normalized spacial score (nSPS) is 21.2. The zero-order valence-electron chi connectivity index (χ0n) is 10.5. The van der Waals surface area contributed by atoms with Crippen LogP contribution in [-0.2, 0) is 5.41 Å². The number of aliphatic hydroxyl groups is 1. The van der Waals surface area contributed by atoms with Crippen molar-refractivity contribution in [2.24, 2.45) is 0 Å². The summed E-state index contributed by atoms with van der Waals surface area (Å²) in [5.41, 5.74) is 1.58. The molecule has 0 aromatic heterocycles. The Balaban J connectivity index is 2.76. The number of aliphatic hydroxyl groups excluding tert-OH is 1. The first-order valence-corrected chi connectivity index (χ1v) is 5.93. The fraction of sp³-hybridized carbons (Fsp3) is 0.538. The first-order chi connectivity index (χ1) is 7.92. The van der Waals surface area contributed by atoms with Gasteiger partial charge in [-0.25, -0.2) is 0 Å². The molecule has 94 valence electrons. The van der Waals surface area contributed by atoms with Gasteiger partial charge in [0.05, 0.1) is 20.3 Å². The van der Waals surface area contributed by atoms with Gasteiger partial charge in [0.15, 0.2) is 11.5 Å². The number of ether oxygens (including phenoxy) is 2. The highest BCUT2D eigenvalue weighted by Gasteiger charge is 2.41. The number of rotatable bonds is 2. The molecular formula is C13H17ClO3. The highest BCUT2D eigenvalue weighted by molar-refractivity contribution is 6.32. The van der Waals surface area contributed by atoms with Gasteiger partial charge in [-0.3, -0.25) is 0 Å². The van der Waals surface area contributed by atoms with Crippen molar-refractivity contribution >= 4 is 11.6 Å². The summed E-state index contributed by atoms with van der Waals surface area (Å²) in [7, 11) is 3.14. The van der Waals surface area contributed by atoms with Gasteiger partial charge < -0.3 is 14.6 Å². The standard InChI is InChI=1S/C13H17ClO3/c1-13(2)6-8(15)10-11(13)7(14)5-9(16-3)12(10)17-4/h5,8,15H,6H2,1-4H3. The monoisotopic (exact) mass is 256 g/mol. The minimum atomic E-state index is -0.553. The second kappa shape index (κ2) is 4.07. The number of halogens is 1. The van der Waals surface area contributed by atoms with Gasteiger partial charge in [0, 0.05) is 16.7 Å². The van der Waals surface area contributed by atoms with E-state index < -0.39 is 6.10 Å². The molecule has 0 saturated heterocycles. The molecule has 1 unspecified atom stereocenters. The first-order valence-electron chi connectivity index (χ1n) is 5.55. The van der Waals surface area contributed by atoms with Crippen LogP contribution in [0.2, 0.25) is 5.02 Å². The maximum atomic E-state index is 10.2. The zero-order valence-corrected chi connectivity index (χ0v) is 11.3. The molecule has 1 aromatic carbocycles. The molecule has 17 heavy (non-hydrogen) atoms. The van der Waals surface area contributed by atoms with E-state index in [0.717, 1.165) is 11.1 Å². The van der Waals surface area contributed by atoms with Crippen molar-refractivity contribution in [3.63, 3.8) is 0 Å². The number of hydrogen-bond donors (Lipinski definition) is 1. The van der Waals surface area contributed by atoms with Crippen molar-refractivity contribution < 1.29 is 14.6 Å². The summed E-state index contributed by atoms with van der Waals surface area (Å²) in [5, 5.41) is 10.8. The van der Waals surface area contributed by atoms with Crippen LogP contribution in [-0.4, -0.2) is 19.3 Å². The lowest BCUT2D eigenvalue weighted by molar-refractivity contribution is 0.158. The molecule has 0 heterocycles. The SMILES string of the molecule is COc1cc(Cl)c2c(c1OC)C(O)CC2(C)C. The second-order valence-electron chi connectivity index (χ2n) is 4.99. The molecule has 0 fully saturated rings. The largest absolute Gasteiger partial charge is 0.493 e. The molecule has 0 saturated carbocycles. The summed E-state index contributed by atoms with van der Waals surface area (Å²) >= 11 is 6.29. The summed E-state index contributed by atoms with van der Waals surface area (Å²) < 4.78 is 10.6. The van der Waals surface area contributed by atoms with Crippen molar-refractivity contribution in [2.75, 3.05) is 14.2 Å². The first kappa shape index (κ1) is 12.5. The molecule has 1 aliphatic rings. The molecule has 0 radical (unpaired) electrons. The maximum absolute atomic E-state index is 10.2. The molecule has 1 N–H and O–H groups in total. The minimum absolute atomic E-state index is 0.147. The second-order valence-corrected chi connectivity index (χ2v) is 5.39. The van der Waals surface area contributed by atoms with Crippen LogP contribution in [0.3, 0.4) is 0 Å². The van der Waals surface area contributed by atoms with Gasteiger partial charge in [-0.1, -0.05) is 25.4 Å². The van der Waals surface area contributed by atoms with Gasteiger partial charge >= 0.3 is 0 Å². The van der Waals surface area contributed by atoms with Crippen LogP contribution < -0.4 is 9.47 Å². The van der Waals surface area contributed by atoms with Gasteiger partial charge in [-0.15, -0.1) is 0 Å². The molecule has 1 atom stereocenters. The number of hydrogen-bond acceptors (Lipinski definition) is 3. The molecule has 1 aromatic rings. The highest BCUT2D eigenvalue weighted by Crippen LogP contribution is 2.54. The Morgan fingerprint density at radius 2 is 2.00 bits per heavy atom. The van der Waals surface area contributed by atoms with Crippen LogP contribution in [0.4, 0.5) is 0 Å². The average molecular weight is 257 g/mol. The summed E-state index contributed by atoms with van der Waals surface area (Å²) in [4.78, 5) is 0. The van der Waals surface area contributed by atoms with Gasteiger partial charge in [-0.05, 0) is 17.4 Å². The van der Waals surface area contributed by atoms with E-state index in [9.17, 15) is 5.11 Å². The van der Waals surface area contributed by atoms with Gasteiger partial charge in [0.2, 0.25) is 0 Å². The van der Waals surface area contributed by atoms with Crippen LogP contribution >= 0.6 is 11.6 Å². The summed E-state index contributed by atoms with van der Waals surface area (Å²) in [6, 6.07) is 1.75. The lowest BCUT2D eigenvalue weighted by atomic mass is 9.86. The van der Waals surface area contributed by atoms with Crippen molar-refractivity contribution in [1.82, 2.24) is 0 Å². The van der Waals surface area contributed by atoms with Crippen molar-refractivity contribution in [2.45, 2.75) is 31.8 Å². The third-order valence-electron chi connectivity index (χ3n) is 3.37. The van der Waals surface area contributed by atoms with Crippen LogP contribution in [0.25, 0.3) is 0 Å². The third kappa shape index (κ3) is 1.78. The van der Waals surface area contributed by atoms with Crippen molar-refractivity contribution in [3.8, 4) is 11.5 Å². The number of methoxy groups -OCH3 is 2. The molecule has 1 aliphatic carbocycles. The summed E-state index contributed by atoms with van der Waals surface area (Å²) in [6.45, 7) is 4.14. The Hall–Kier alpha value is -0.930. The maximum Gasteiger partial charge on any atom is 0.166 e. The van der Waals surface area contributed by atoms with Gasteiger partial charge in [-0.2, -0.15) is 0 Å². The van der Waals surface area contributed by atoms with E-state index in [1.165, 1.54) is 0 Å². The van der Waals surface area contributed by atoms with E-state index in [0.29, 0.717) is 22.9 Å². The van der Waals surface area contributed by atoms with E-state index >= 15 is 0 Å². The number of benzene rings is 1. The fourth-order valence-electron chi connectivity index (χ4n) is 2.68. The van der Waals surface area contributed by atoms with Gasteiger partial charge in [0.1, 0.15) is 0 Å². The number of fused-ring (bicyclic) bond motifs is 1. The predicted molar refractivity (Wildman–Crippen MR) is 67.2 cm³/mol. The zero-order chi connectivity index (χ0) is 12.8. The van der Waals surface area contributed by atoms with E-state index in [1.807, 2.05) is 0 Å². The summed E-state index contributed by atoms with van der Waals surface area (Å²) in [6.07, 6.45) is 0.0912. The molecule has 0 bridgehead atoms. The Morgan fingerprint density at radius 1 is 1.35 bits per heavy atom. The quantitative estimate of drug-likeness (QED) is 0.884. The van der Waals surface area contributed by atoms with E-state index in [2.05, 4.69) is 13.8 Å². The lowest BCUT2D eigenvalue weighted by Crippen LogP contribution is -2.13. The van der Waals surface area contributed by atoms with Gasteiger partial charge in [0.25, 0.3) is 0 Å². The van der Waals surface area contributed by atoms with Crippen molar-refractivity contribution in [1.29, 1.82) is 0 Å². The smallest absolute Gasteiger partial charge is 0.166 e. The molecule has 4 heteroatoms. The Morgan fingerprint density at radius 3 is 2.53 bits per heavy atom. The average Bonchev–Trinajstić information content (AvgIpc) is 2.49. The highest BCUT2D eigenvalue weighted by atomic mass is 35.5. The Kier molecular flexibility index (Phi) is 3.00. The van der Waals surface area contributed by atoms with E-state index in [-0.39, 0.29) is 5.41 Å². The van der Waals surface area contributed by atoms with E-state index in [1.54, 1.807) is 20.3 Å². The minimum Gasteiger partial charge on any atom is -0.493 e. The van der Waals surface area contributed by atoms with Crippen LogP contribution in [0.15, 0.2) is 6.07 Å². The van der Waals surface area contributed by atoms with Crippen LogP contribution in [0, 0.1) is 0 Å². The fourth-order valence-corrected chi connectivity index (χ4v) is 3.14. The Labute approximate surface area is 106 Å². The van der Waals surface area contributed by atoms with Crippen LogP contribution in [0.1, 0.15) is 37.5 Å². The molecule has 0 aliphatic heterocycles. The predicted octanol–water partition coefficient (Wildman–Crippen LogP) is 3.07. The Bertz CT molecular complexity index is 454. The summed E-state index contributed by atoms with van der Waals surface area (Å²) in [5.74, 6) is 1.15. The molecule has 0 amide bonds. The van der Waals surface area contributed by atoms with E-state index in [4.69, 9.17) is 21.1 Å². The molecular weight excluding hydrogens is 240 g/mol.